The number of hydrogen-bond acceptors (Lipinski definition) is 3. The topological polar surface area (TPSA) is 42.7 Å². The molecule has 0 radical (unpaired) electrons. The summed E-state index contributed by atoms with van der Waals surface area (Å²) in [5.74, 6) is 0.590. The molecule has 0 bridgehead atoms. The molecule has 0 aromatic carbocycles. The van der Waals surface area contributed by atoms with E-state index >= 15 is 0 Å². The lowest BCUT2D eigenvalue weighted by Gasteiger charge is -2.06. The van der Waals surface area contributed by atoms with E-state index in [0.717, 1.165) is 24.3 Å². The van der Waals surface area contributed by atoms with Gasteiger partial charge in [-0.25, -0.2) is 9.67 Å². The van der Waals surface area contributed by atoms with Crippen LogP contribution in [0.1, 0.15) is 18.2 Å². The zero-order chi connectivity index (χ0) is 13.1. The maximum atomic E-state index is 6.21. The van der Waals surface area contributed by atoms with E-state index in [1.807, 2.05) is 13.0 Å². The van der Waals surface area contributed by atoms with Crippen LogP contribution in [0.4, 0.5) is 0 Å². The van der Waals surface area contributed by atoms with E-state index in [0.29, 0.717) is 15.9 Å². The molecule has 0 fully saturated rings. The van der Waals surface area contributed by atoms with Crippen LogP contribution in [0.5, 0.6) is 0 Å². The average molecular weight is 285 g/mol. The van der Waals surface area contributed by atoms with Crippen molar-refractivity contribution >= 4 is 23.2 Å². The molecule has 0 aliphatic carbocycles. The second-order valence-corrected chi connectivity index (χ2v) is 4.75. The largest absolute Gasteiger partial charge is 0.313 e. The van der Waals surface area contributed by atoms with E-state index in [-0.39, 0.29) is 0 Å². The molecule has 0 saturated carbocycles. The Morgan fingerprint density at radius 2 is 2.11 bits per heavy atom. The Bertz CT molecular complexity index is 532. The zero-order valence-corrected chi connectivity index (χ0v) is 11.8. The molecule has 2 rings (SSSR count). The molecule has 96 valence electrons. The first-order valence-corrected chi connectivity index (χ1v) is 6.44. The Morgan fingerprint density at radius 1 is 1.33 bits per heavy atom. The van der Waals surface area contributed by atoms with Crippen molar-refractivity contribution in [1.82, 2.24) is 20.1 Å². The minimum atomic E-state index is 0.560. The number of nitrogens with one attached hydrogen (secondary N) is 1. The minimum absolute atomic E-state index is 0.560. The molecule has 2 aromatic rings. The molecule has 0 atom stereocenters. The van der Waals surface area contributed by atoms with Crippen LogP contribution in [0.2, 0.25) is 10.0 Å². The molecule has 0 unspecified atom stereocenters. The minimum Gasteiger partial charge on any atom is -0.313 e. The first-order valence-electron chi connectivity index (χ1n) is 5.69. The fraction of sp³-hybridized carbons (Fsp3) is 0.333. The van der Waals surface area contributed by atoms with Gasteiger partial charge in [0.1, 0.15) is 0 Å². The number of hydrogen-bond donors (Lipinski definition) is 1. The number of rotatable bonds is 4. The lowest BCUT2D eigenvalue weighted by molar-refractivity contribution is 0.722. The highest BCUT2D eigenvalue weighted by atomic mass is 35.5. The van der Waals surface area contributed by atoms with Crippen LogP contribution < -0.4 is 5.32 Å². The maximum absolute atomic E-state index is 6.21. The number of nitrogens with zero attached hydrogens (tertiary/aromatic N) is 3. The normalized spacial score (nSPS) is 10.9. The van der Waals surface area contributed by atoms with Gasteiger partial charge in [-0.05, 0) is 25.1 Å². The van der Waals surface area contributed by atoms with Gasteiger partial charge in [0.05, 0.1) is 21.9 Å². The van der Waals surface area contributed by atoms with Gasteiger partial charge in [-0.15, -0.1) is 0 Å². The van der Waals surface area contributed by atoms with Crippen molar-refractivity contribution in [2.45, 2.75) is 20.4 Å². The van der Waals surface area contributed by atoms with Gasteiger partial charge in [0.25, 0.3) is 0 Å². The van der Waals surface area contributed by atoms with Gasteiger partial charge < -0.3 is 5.32 Å². The number of pyridine rings is 1. The Hall–Kier alpha value is -1.10. The van der Waals surface area contributed by atoms with Crippen LogP contribution in [-0.2, 0) is 6.54 Å². The van der Waals surface area contributed by atoms with E-state index in [1.54, 1.807) is 17.1 Å². The third kappa shape index (κ3) is 2.83. The smallest absolute Gasteiger partial charge is 0.172 e. The van der Waals surface area contributed by atoms with Crippen LogP contribution in [0.25, 0.3) is 5.82 Å². The van der Waals surface area contributed by atoms with Crippen molar-refractivity contribution in [3.05, 3.63) is 39.8 Å². The Balaban J connectivity index is 2.29. The summed E-state index contributed by atoms with van der Waals surface area (Å²) in [5.41, 5.74) is 1.80. The molecular weight excluding hydrogens is 271 g/mol. The first kappa shape index (κ1) is 13.3. The van der Waals surface area contributed by atoms with Crippen LogP contribution in [0, 0.1) is 6.92 Å². The summed E-state index contributed by atoms with van der Waals surface area (Å²) >= 11 is 12.2. The average Bonchev–Trinajstić information content (AvgIpc) is 2.67. The molecule has 6 heteroatoms. The van der Waals surface area contributed by atoms with Gasteiger partial charge in [-0.3, -0.25) is 0 Å². The van der Waals surface area contributed by atoms with E-state index in [9.17, 15) is 0 Å². The van der Waals surface area contributed by atoms with Crippen LogP contribution in [0.3, 0.4) is 0 Å². The van der Waals surface area contributed by atoms with Gasteiger partial charge in [-0.2, -0.15) is 5.10 Å². The highest BCUT2D eigenvalue weighted by molar-refractivity contribution is 6.32. The predicted molar refractivity (Wildman–Crippen MR) is 73.5 cm³/mol. The fourth-order valence-electron chi connectivity index (χ4n) is 1.55. The summed E-state index contributed by atoms with van der Waals surface area (Å²) in [4.78, 5) is 4.33. The van der Waals surface area contributed by atoms with Crippen LogP contribution >= 0.6 is 23.2 Å². The van der Waals surface area contributed by atoms with Crippen molar-refractivity contribution < 1.29 is 0 Å². The molecule has 4 nitrogen and oxygen atoms in total. The fourth-order valence-corrected chi connectivity index (χ4v) is 1.96. The molecule has 18 heavy (non-hydrogen) atoms. The van der Waals surface area contributed by atoms with E-state index in [2.05, 4.69) is 22.3 Å². The number of aromatic nitrogens is 3. The zero-order valence-electron chi connectivity index (χ0n) is 10.2. The SMILES string of the molecule is CCNCc1cnc(-n2cc(Cl)c(C)n2)c(Cl)c1. The van der Waals surface area contributed by atoms with E-state index < -0.39 is 0 Å². The molecule has 0 spiro atoms. The summed E-state index contributed by atoms with van der Waals surface area (Å²) in [6, 6.07) is 1.89. The van der Waals surface area contributed by atoms with Gasteiger partial charge in [0.2, 0.25) is 0 Å². The van der Waals surface area contributed by atoms with Gasteiger partial charge in [0, 0.05) is 12.7 Å². The lowest BCUT2D eigenvalue weighted by Crippen LogP contribution is -2.12. The molecule has 0 aliphatic rings. The van der Waals surface area contributed by atoms with E-state index in [4.69, 9.17) is 23.2 Å². The van der Waals surface area contributed by atoms with Crippen molar-refractivity contribution in [1.29, 1.82) is 0 Å². The Morgan fingerprint density at radius 3 is 2.67 bits per heavy atom. The third-order valence-corrected chi connectivity index (χ3v) is 3.16. The molecule has 0 aliphatic heterocycles. The molecular formula is C12H14Cl2N4. The van der Waals surface area contributed by atoms with Crippen molar-refractivity contribution in [3.63, 3.8) is 0 Å². The van der Waals surface area contributed by atoms with Crippen molar-refractivity contribution in [2.75, 3.05) is 6.54 Å². The second-order valence-electron chi connectivity index (χ2n) is 3.94. The van der Waals surface area contributed by atoms with Gasteiger partial charge in [-0.1, -0.05) is 30.1 Å². The lowest BCUT2D eigenvalue weighted by atomic mass is 10.3. The number of aryl methyl sites for hydroxylation is 1. The summed E-state index contributed by atoms with van der Waals surface area (Å²) in [6.45, 7) is 5.56. The quantitative estimate of drug-likeness (QED) is 0.939. The molecule has 0 amide bonds. The van der Waals surface area contributed by atoms with Crippen LogP contribution in [0.15, 0.2) is 18.5 Å². The Labute approximate surface area is 116 Å². The number of halogens is 2. The van der Waals surface area contributed by atoms with Gasteiger partial charge in [0.15, 0.2) is 5.82 Å². The standard InChI is InChI=1S/C12H14Cl2N4/c1-3-15-5-9-4-10(13)12(16-6-9)18-7-11(14)8(2)17-18/h4,6-7,15H,3,5H2,1-2H3. The van der Waals surface area contributed by atoms with Crippen LogP contribution in [-0.4, -0.2) is 21.3 Å². The third-order valence-electron chi connectivity index (χ3n) is 2.51. The summed E-state index contributed by atoms with van der Waals surface area (Å²) in [7, 11) is 0. The summed E-state index contributed by atoms with van der Waals surface area (Å²) in [5, 5.41) is 8.64. The highest BCUT2D eigenvalue weighted by Crippen LogP contribution is 2.21. The maximum Gasteiger partial charge on any atom is 0.172 e. The van der Waals surface area contributed by atoms with Crippen molar-refractivity contribution in [2.24, 2.45) is 0 Å². The molecule has 2 heterocycles. The van der Waals surface area contributed by atoms with Crippen molar-refractivity contribution in [3.8, 4) is 5.82 Å². The monoisotopic (exact) mass is 284 g/mol. The predicted octanol–water partition coefficient (Wildman–Crippen LogP) is 2.99. The Kier molecular flexibility index (Phi) is 4.22. The first-order chi connectivity index (χ1) is 8.61. The highest BCUT2D eigenvalue weighted by Gasteiger charge is 2.09. The van der Waals surface area contributed by atoms with Gasteiger partial charge >= 0.3 is 0 Å². The summed E-state index contributed by atoms with van der Waals surface area (Å²) in [6.07, 6.45) is 3.49. The molecule has 2 aromatic heterocycles. The summed E-state index contributed by atoms with van der Waals surface area (Å²) < 4.78 is 1.59. The molecule has 1 N–H and O–H groups in total. The molecule has 0 saturated heterocycles. The van der Waals surface area contributed by atoms with E-state index in [1.165, 1.54) is 0 Å². The second kappa shape index (κ2) is 5.69.